The van der Waals surface area contributed by atoms with Gasteiger partial charge in [0.15, 0.2) is 5.69 Å². The number of carbonyl (C=O) groups is 2. The van der Waals surface area contributed by atoms with E-state index in [1.807, 2.05) is 77.3 Å². The lowest BCUT2D eigenvalue weighted by molar-refractivity contribution is -0.192. The van der Waals surface area contributed by atoms with Crippen LogP contribution in [-0.2, 0) is 11.3 Å². The lowest BCUT2D eigenvalue weighted by Crippen LogP contribution is -2.21. The quantitative estimate of drug-likeness (QED) is 0.555. The van der Waals surface area contributed by atoms with Crippen LogP contribution in [0.1, 0.15) is 32.9 Å². The lowest BCUT2D eigenvalue weighted by Gasteiger charge is -2.12. The van der Waals surface area contributed by atoms with E-state index in [9.17, 15) is 18.0 Å². The van der Waals surface area contributed by atoms with Crippen molar-refractivity contribution in [2.24, 2.45) is 0 Å². The summed E-state index contributed by atoms with van der Waals surface area (Å²) < 4.78 is 33.5. The molecule has 0 aliphatic heterocycles. The number of aryl methyl sites for hydroxylation is 3. The molecule has 1 aromatic heterocycles. The predicted octanol–water partition coefficient (Wildman–Crippen LogP) is 4.74. The fourth-order valence-corrected chi connectivity index (χ4v) is 3.12. The summed E-state index contributed by atoms with van der Waals surface area (Å²) in [6, 6.07) is 16.0. The van der Waals surface area contributed by atoms with Crippen LogP contribution in [0.4, 0.5) is 18.9 Å². The molecule has 0 spiro atoms. The standard InChI is InChI=1S/C22H26N4O.C2HF3O2/c1-15-6-8-20(9-7-15)26-17(3)12-21(24-26)22(27)23-19-11-16(2)10-18(13-19)14-25(4)5;3-2(4,5)1(6)7/h6-13H,14H2,1-5H3,(H,23,27);(H,6,7). The van der Waals surface area contributed by atoms with Gasteiger partial charge < -0.3 is 15.3 Å². The number of nitrogens with one attached hydrogen (secondary N) is 1. The number of carboxylic acid groups (broad SMARTS) is 1. The van der Waals surface area contributed by atoms with E-state index in [1.54, 1.807) is 4.68 Å². The third-order valence-electron chi connectivity index (χ3n) is 4.53. The molecule has 0 bridgehead atoms. The third-order valence-corrected chi connectivity index (χ3v) is 4.53. The van der Waals surface area contributed by atoms with Crippen molar-refractivity contribution in [3.63, 3.8) is 0 Å². The second kappa shape index (κ2) is 11.0. The molecule has 2 aromatic carbocycles. The Kier molecular flexibility index (Phi) is 8.58. The van der Waals surface area contributed by atoms with Crippen molar-refractivity contribution >= 4 is 17.6 Å². The summed E-state index contributed by atoms with van der Waals surface area (Å²) in [5, 5.41) is 14.6. The van der Waals surface area contributed by atoms with Gasteiger partial charge in [0, 0.05) is 17.9 Å². The number of nitrogens with zero attached hydrogens (tertiary/aromatic N) is 3. The van der Waals surface area contributed by atoms with Gasteiger partial charge in [-0.3, -0.25) is 4.79 Å². The summed E-state index contributed by atoms with van der Waals surface area (Å²) in [5.41, 5.74) is 6.53. The Bertz CT molecular complexity index is 1150. The van der Waals surface area contributed by atoms with E-state index in [1.165, 1.54) is 5.56 Å². The van der Waals surface area contributed by atoms with Crippen molar-refractivity contribution in [3.05, 3.63) is 76.6 Å². The van der Waals surface area contributed by atoms with E-state index in [4.69, 9.17) is 9.90 Å². The average Bonchev–Trinajstić information content (AvgIpc) is 3.09. The molecule has 1 heterocycles. The van der Waals surface area contributed by atoms with Gasteiger partial charge in [0.2, 0.25) is 0 Å². The molecular weight excluding hydrogens is 449 g/mol. The zero-order valence-corrected chi connectivity index (χ0v) is 19.6. The highest BCUT2D eigenvalue weighted by Crippen LogP contribution is 2.18. The van der Waals surface area contributed by atoms with Crippen LogP contribution < -0.4 is 5.32 Å². The summed E-state index contributed by atoms with van der Waals surface area (Å²) in [7, 11) is 4.06. The van der Waals surface area contributed by atoms with Gasteiger partial charge in [-0.2, -0.15) is 18.3 Å². The Hall–Kier alpha value is -3.66. The number of benzene rings is 2. The van der Waals surface area contributed by atoms with Crippen LogP contribution in [0, 0.1) is 20.8 Å². The maximum atomic E-state index is 12.7. The number of aromatic nitrogens is 2. The van der Waals surface area contributed by atoms with Crippen molar-refractivity contribution in [2.75, 3.05) is 19.4 Å². The van der Waals surface area contributed by atoms with Crippen LogP contribution in [0.3, 0.4) is 0 Å². The molecule has 34 heavy (non-hydrogen) atoms. The fraction of sp³-hybridized carbons (Fsp3) is 0.292. The highest BCUT2D eigenvalue weighted by atomic mass is 19.4. The molecule has 2 N–H and O–H groups in total. The highest BCUT2D eigenvalue weighted by Gasteiger charge is 2.38. The first-order valence-electron chi connectivity index (χ1n) is 10.3. The van der Waals surface area contributed by atoms with E-state index in [2.05, 4.69) is 21.4 Å². The Morgan fingerprint density at radius 2 is 1.59 bits per heavy atom. The van der Waals surface area contributed by atoms with Gasteiger partial charge in [-0.15, -0.1) is 0 Å². The molecule has 0 aliphatic carbocycles. The van der Waals surface area contributed by atoms with Crippen LogP contribution in [0.2, 0.25) is 0 Å². The first-order valence-corrected chi connectivity index (χ1v) is 10.3. The molecule has 1 amide bonds. The van der Waals surface area contributed by atoms with Gasteiger partial charge in [-0.25, -0.2) is 9.48 Å². The molecule has 0 fully saturated rings. The number of alkyl halides is 3. The van der Waals surface area contributed by atoms with E-state index >= 15 is 0 Å². The largest absolute Gasteiger partial charge is 0.490 e. The smallest absolute Gasteiger partial charge is 0.475 e. The van der Waals surface area contributed by atoms with Gasteiger partial charge >= 0.3 is 12.1 Å². The SMILES string of the molecule is Cc1ccc(-n2nc(C(=O)Nc3cc(C)cc(CN(C)C)c3)cc2C)cc1.O=C(O)C(F)(F)F. The topological polar surface area (TPSA) is 87.5 Å². The van der Waals surface area contributed by atoms with Gasteiger partial charge in [-0.05, 0) is 76.3 Å². The normalized spacial score (nSPS) is 11.1. The molecule has 0 unspecified atom stereocenters. The maximum absolute atomic E-state index is 12.7. The van der Waals surface area contributed by atoms with Gasteiger partial charge in [0.05, 0.1) is 5.69 Å². The zero-order chi connectivity index (χ0) is 25.6. The lowest BCUT2D eigenvalue weighted by atomic mass is 10.1. The number of aliphatic carboxylic acids is 1. The molecule has 182 valence electrons. The zero-order valence-electron chi connectivity index (χ0n) is 19.6. The minimum absolute atomic E-state index is 0.203. The van der Waals surface area contributed by atoms with Crippen LogP contribution in [0.5, 0.6) is 0 Å². The number of hydrogen-bond donors (Lipinski definition) is 2. The van der Waals surface area contributed by atoms with Crippen molar-refractivity contribution < 1.29 is 27.9 Å². The monoisotopic (exact) mass is 476 g/mol. The average molecular weight is 476 g/mol. The molecular formula is C24H27F3N4O3. The van der Waals surface area contributed by atoms with Crippen molar-refractivity contribution in [1.82, 2.24) is 14.7 Å². The van der Waals surface area contributed by atoms with Crippen LogP contribution in [0.25, 0.3) is 5.69 Å². The number of carbonyl (C=O) groups excluding carboxylic acids is 1. The highest BCUT2D eigenvalue weighted by molar-refractivity contribution is 6.03. The number of anilines is 1. The Morgan fingerprint density at radius 1 is 1.00 bits per heavy atom. The first-order chi connectivity index (χ1) is 15.8. The maximum Gasteiger partial charge on any atom is 0.490 e. The second-order valence-corrected chi connectivity index (χ2v) is 8.12. The van der Waals surface area contributed by atoms with Crippen molar-refractivity contribution in [3.8, 4) is 5.69 Å². The number of amides is 1. The summed E-state index contributed by atoms with van der Waals surface area (Å²) in [6.07, 6.45) is -5.08. The molecule has 0 atom stereocenters. The second-order valence-electron chi connectivity index (χ2n) is 8.12. The first kappa shape index (κ1) is 26.6. The number of carboxylic acids is 1. The molecule has 3 rings (SSSR count). The summed E-state index contributed by atoms with van der Waals surface area (Å²) in [4.78, 5) is 23.7. The van der Waals surface area contributed by atoms with Gasteiger partial charge in [0.25, 0.3) is 5.91 Å². The minimum Gasteiger partial charge on any atom is -0.475 e. The van der Waals surface area contributed by atoms with Gasteiger partial charge in [-0.1, -0.05) is 23.8 Å². The number of halogens is 3. The van der Waals surface area contributed by atoms with Crippen LogP contribution in [0.15, 0.2) is 48.5 Å². The van der Waals surface area contributed by atoms with Gasteiger partial charge in [0.1, 0.15) is 0 Å². The Morgan fingerprint density at radius 3 is 2.12 bits per heavy atom. The molecule has 0 saturated carbocycles. The summed E-state index contributed by atoms with van der Waals surface area (Å²) in [6.45, 7) is 6.85. The fourth-order valence-electron chi connectivity index (χ4n) is 3.12. The minimum atomic E-state index is -5.08. The predicted molar refractivity (Wildman–Crippen MR) is 123 cm³/mol. The Labute approximate surface area is 195 Å². The molecule has 10 heteroatoms. The summed E-state index contributed by atoms with van der Waals surface area (Å²) >= 11 is 0. The van der Waals surface area contributed by atoms with E-state index < -0.39 is 12.1 Å². The molecule has 0 radical (unpaired) electrons. The molecule has 0 aliphatic rings. The van der Waals surface area contributed by atoms with E-state index in [0.717, 1.165) is 34.7 Å². The molecule has 0 saturated heterocycles. The number of rotatable bonds is 5. The molecule has 3 aromatic rings. The van der Waals surface area contributed by atoms with Crippen LogP contribution >= 0.6 is 0 Å². The number of hydrogen-bond acceptors (Lipinski definition) is 4. The van der Waals surface area contributed by atoms with E-state index in [-0.39, 0.29) is 5.91 Å². The van der Waals surface area contributed by atoms with E-state index in [0.29, 0.717) is 5.69 Å². The third kappa shape index (κ3) is 7.73. The molecule has 7 nitrogen and oxygen atoms in total. The van der Waals surface area contributed by atoms with Crippen molar-refractivity contribution in [1.29, 1.82) is 0 Å². The van der Waals surface area contributed by atoms with Crippen molar-refractivity contribution in [2.45, 2.75) is 33.5 Å². The van der Waals surface area contributed by atoms with Crippen LogP contribution in [-0.4, -0.2) is 51.9 Å². The summed E-state index contributed by atoms with van der Waals surface area (Å²) in [5.74, 6) is -2.96. The Balaban J connectivity index is 0.000000509.